The van der Waals surface area contributed by atoms with E-state index in [-0.39, 0.29) is 12.5 Å². The molecule has 0 saturated heterocycles. The third-order valence-corrected chi connectivity index (χ3v) is 5.10. The van der Waals surface area contributed by atoms with Gasteiger partial charge in [0.15, 0.2) is 6.61 Å². The lowest BCUT2D eigenvalue weighted by atomic mass is 10.1. The highest BCUT2D eigenvalue weighted by Gasteiger charge is 2.10. The maximum atomic E-state index is 12.1. The van der Waals surface area contributed by atoms with Gasteiger partial charge in [-0.05, 0) is 57.0 Å². The number of anilines is 1. The van der Waals surface area contributed by atoms with Crippen LogP contribution in [0.25, 0.3) is 0 Å². The average Bonchev–Trinajstić information content (AvgIpc) is 3.19. The molecule has 7 nitrogen and oxygen atoms in total. The van der Waals surface area contributed by atoms with E-state index in [1.165, 1.54) is 16.9 Å². The number of ether oxygens (including phenoxy) is 1. The van der Waals surface area contributed by atoms with E-state index in [1.54, 1.807) is 0 Å². The lowest BCUT2D eigenvalue weighted by Gasteiger charge is -2.07. The molecule has 1 aromatic carbocycles. The topological polar surface area (TPSA) is 81.9 Å². The molecule has 0 saturated carbocycles. The highest BCUT2D eigenvalue weighted by molar-refractivity contribution is 7.15. The number of aromatic nitrogens is 4. The first-order chi connectivity index (χ1) is 12.9. The monoisotopic (exact) mass is 385 g/mol. The van der Waals surface area contributed by atoms with Crippen molar-refractivity contribution in [1.29, 1.82) is 0 Å². The van der Waals surface area contributed by atoms with Crippen molar-refractivity contribution in [2.24, 2.45) is 0 Å². The summed E-state index contributed by atoms with van der Waals surface area (Å²) < 4.78 is 7.49. The third-order valence-electron chi connectivity index (χ3n) is 4.20. The van der Waals surface area contributed by atoms with E-state index in [0.717, 1.165) is 28.5 Å². The molecule has 0 unspecified atom stereocenters. The van der Waals surface area contributed by atoms with Crippen LogP contribution in [0.3, 0.4) is 0 Å². The summed E-state index contributed by atoms with van der Waals surface area (Å²) in [7, 11) is 0. The zero-order chi connectivity index (χ0) is 19.4. The normalized spacial score (nSPS) is 10.8. The number of rotatable bonds is 7. The van der Waals surface area contributed by atoms with Crippen LogP contribution in [0.2, 0.25) is 0 Å². The molecule has 1 amide bonds. The average molecular weight is 385 g/mol. The Morgan fingerprint density at radius 2 is 1.96 bits per heavy atom. The van der Waals surface area contributed by atoms with Crippen LogP contribution in [-0.4, -0.2) is 32.5 Å². The maximum Gasteiger partial charge on any atom is 0.264 e. The van der Waals surface area contributed by atoms with Crippen molar-refractivity contribution in [1.82, 2.24) is 20.0 Å². The summed E-state index contributed by atoms with van der Waals surface area (Å²) >= 11 is 1.37. The van der Waals surface area contributed by atoms with E-state index in [9.17, 15) is 4.79 Å². The number of nitrogens with zero attached hydrogens (tertiary/aromatic N) is 4. The van der Waals surface area contributed by atoms with E-state index in [4.69, 9.17) is 4.74 Å². The van der Waals surface area contributed by atoms with E-state index >= 15 is 0 Å². The molecular weight excluding hydrogens is 362 g/mol. The van der Waals surface area contributed by atoms with Gasteiger partial charge < -0.3 is 4.74 Å². The summed E-state index contributed by atoms with van der Waals surface area (Å²) in [6, 6.07) is 7.80. The van der Waals surface area contributed by atoms with Crippen LogP contribution in [0, 0.1) is 27.7 Å². The Hall–Kier alpha value is -2.74. The summed E-state index contributed by atoms with van der Waals surface area (Å²) in [5.41, 5.74) is 4.44. The van der Waals surface area contributed by atoms with Crippen molar-refractivity contribution in [3.05, 3.63) is 51.8 Å². The quantitative estimate of drug-likeness (QED) is 0.675. The molecule has 3 rings (SSSR count). The van der Waals surface area contributed by atoms with Gasteiger partial charge in [0.25, 0.3) is 5.91 Å². The van der Waals surface area contributed by atoms with Crippen LogP contribution < -0.4 is 10.1 Å². The summed E-state index contributed by atoms with van der Waals surface area (Å²) in [4.78, 5) is 12.1. The van der Waals surface area contributed by atoms with Gasteiger partial charge in [0.1, 0.15) is 10.8 Å². The van der Waals surface area contributed by atoms with E-state index in [0.29, 0.717) is 17.3 Å². The molecule has 0 bridgehead atoms. The van der Waals surface area contributed by atoms with Crippen molar-refractivity contribution in [3.63, 3.8) is 0 Å². The molecule has 0 atom stereocenters. The van der Waals surface area contributed by atoms with E-state index in [2.05, 4.69) is 20.6 Å². The molecule has 0 aliphatic carbocycles. The van der Waals surface area contributed by atoms with Crippen molar-refractivity contribution in [3.8, 4) is 5.75 Å². The minimum atomic E-state index is -0.255. The van der Waals surface area contributed by atoms with Gasteiger partial charge in [0, 0.05) is 18.7 Å². The van der Waals surface area contributed by atoms with Gasteiger partial charge in [-0.3, -0.25) is 14.8 Å². The second-order valence-corrected chi connectivity index (χ2v) is 7.55. The molecule has 2 aromatic heterocycles. The van der Waals surface area contributed by atoms with Crippen molar-refractivity contribution >= 4 is 22.4 Å². The fraction of sp³-hybridized carbons (Fsp3) is 0.368. The fourth-order valence-electron chi connectivity index (χ4n) is 2.62. The van der Waals surface area contributed by atoms with Crippen LogP contribution in [0.1, 0.15) is 27.5 Å². The van der Waals surface area contributed by atoms with Crippen LogP contribution in [0.5, 0.6) is 5.75 Å². The molecule has 2 heterocycles. The van der Waals surface area contributed by atoms with Crippen LogP contribution >= 0.6 is 11.3 Å². The number of amides is 1. The number of aryl methyl sites for hydroxylation is 6. The fourth-order valence-corrected chi connectivity index (χ4v) is 3.36. The predicted octanol–water partition coefficient (Wildman–Crippen LogP) is 3.23. The Labute approximate surface area is 162 Å². The molecule has 0 aliphatic rings. The first-order valence-corrected chi connectivity index (χ1v) is 9.55. The molecule has 3 aromatic rings. The molecule has 8 heteroatoms. The van der Waals surface area contributed by atoms with Crippen molar-refractivity contribution < 1.29 is 9.53 Å². The lowest BCUT2D eigenvalue weighted by molar-refractivity contribution is -0.118. The van der Waals surface area contributed by atoms with E-state index < -0.39 is 0 Å². The van der Waals surface area contributed by atoms with Gasteiger partial charge in [0.2, 0.25) is 5.13 Å². The number of hydrogen-bond donors (Lipinski definition) is 1. The zero-order valence-corrected chi connectivity index (χ0v) is 16.8. The molecule has 27 heavy (non-hydrogen) atoms. The van der Waals surface area contributed by atoms with Gasteiger partial charge in [0.05, 0.1) is 5.69 Å². The lowest BCUT2D eigenvalue weighted by Crippen LogP contribution is -2.20. The van der Waals surface area contributed by atoms with Crippen molar-refractivity contribution in [2.75, 3.05) is 11.9 Å². The smallest absolute Gasteiger partial charge is 0.264 e. The van der Waals surface area contributed by atoms with Gasteiger partial charge in [-0.2, -0.15) is 5.10 Å². The van der Waals surface area contributed by atoms with E-state index in [1.807, 2.05) is 56.6 Å². The first-order valence-electron chi connectivity index (χ1n) is 8.74. The van der Waals surface area contributed by atoms with Crippen LogP contribution in [0.15, 0.2) is 24.3 Å². The SMILES string of the molecule is Cc1cc(C)n(CCc2nnc(NC(=O)COc3ccc(C)c(C)c3)s2)n1. The molecule has 1 N–H and O–H groups in total. The Bertz CT molecular complexity index is 947. The number of carbonyl (C=O) groups excluding carboxylic acids is 1. The maximum absolute atomic E-state index is 12.1. The molecule has 142 valence electrons. The third kappa shape index (κ3) is 5.13. The first kappa shape index (κ1) is 19.0. The van der Waals surface area contributed by atoms with Gasteiger partial charge in [-0.15, -0.1) is 10.2 Å². The Morgan fingerprint density at radius 3 is 2.67 bits per heavy atom. The number of hydrogen-bond acceptors (Lipinski definition) is 6. The summed E-state index contributed by atoms with van der Waals surface area (Å²) in [5.74, 6) is 0.422. The summed E-state index contributed by atoms with van der Waals surface area (Å²) in [6.07, 6.45) is 0.717. The highest BCUT2D eigenvalue weighted by Crippen LogP contribution is 2.18. The Balaban J connectivity index is 1.48. The number of carbonyl (C=O) groups is 1. The van der Waals surface area contributed by atoms with Crippen LogP contribution in [0.4, 0.5) is 5.13 Å². The molecule has 0 spiro atoms. The molecule has 0 aliphatic heterocycles. The number of benzene rings is 1. The van der Waals surface area contributed by atoms with Gasteiger partial charge in [-0.1, -0.05) is 17.4 Å². The number of nitrogens with one attached hydrogen (secondary N) is 1. The molecular formula is C19H23N5O2S. The minimum absolute atomic E-state index is 0.0663. The molecule has 0 radical (unpaired) electrons. The summed E-state index contributed by atoms with van der Waals surface area (Å²) in [5, 5.41) is 16.7. The van der Waals surface area contributed by atoms with Crippen LogP contribution in [-0.2, 0) is 17.8 Å². The second-order valence-electron chi connectivity index (χ2n) is 6.48. The molecule has 0 fully saturated rings. The Kier molecular flexibility index (Phi) is 5.85. The van der Waals surface area contributed by atoms with Gasteiger partial charge >= 0.3 is 0 Å². The Morgan fingerprint density at radius 1 is 1.15 bits per heavy atom. The zero-order valence-electron chi connectivity index (χ0n) is 15.9. The predicted molar refractivity (Wildman–Crippen MR) is 105 cm³/mol. The van der Waals surface area contributed by atoms with Gasteiger partial charge in [-0.25, -0.2) is 0 Å². The highest BCUT2D eigenvalue weighted by atomic mass is 32.1. The standard InChI is InChI=1S/C19H23N5O2S/c1-12-5-6-16(9-13(12)2)26-11-17(25)20-19-22-21-18(27-19)7-8-24-15(4)10-14(3)23-24/h5-6,9-10H,7-8,11H2,1-4H3,(H,20,22,25). The second kappa shape index (κ2) is 8.30. The largest absolute Gasteiger partial charge is 0.484 e. The summed E-state index contributed by atoms with van der Waals surface area (Å²) in [6.45, 7) is 8.72. The minimum Gasteiger partial charge on any atom is -0.484 e. The van der Waals surface area contributed by atoms with Crippen molar-refractivity contribution in [2.45, 2.75) is 40.7 Å².